The van der Waals surface area contributed by atoms with Gasteiger partial charge in [-0.15, -0.1) is 0 Å². The van der Waals surface area contributed by atoms with E-state index < -0.39 is 0 Å². The van der Waals surface area contributed by atoms with Crippen molar-refractivity contribution in [1.29, 1.82) is 5.26 Å². The summed E-state index contributed by atoms with van der Waals surface area (Å²) >= 11 is 0. The van der Waals surface area contributed by atoms with Gasteiger partial charge in [-0.05, 0) is 19.1 Å². The van der Waals surface area contributed by atoms with Gasteiger partial charge in [0.05, 0.1) is 23.6 Å². The average Bonchev–Trinajstić information content (AvgIpc) is 2.47. The normalized spacial score (nSPS) is 18.0. The van der Waals surface area contributed by atoms with Crippen LogP contribution in [0.5, 0.6) is 0 Å². The third-order valence-electron chi connectivity index (χ3n) is 3.11. The fourth-order valence-corrected chi connectivity index (χ4v) is 2.06. The third kappa shape index (κ3) is 3.45. The molecular formula is C15H16N4O2. The smallest absolute Gasteiger partial charge is 0.240 e. The Morgan fingerprint density at radius 2 is 2.43 bits per heavy atom. The van der Waals surface area contributed by atoms with Crippen LogP contribution in [0.4, 0.5) is 5.69 Å². The number of aliphatic imine (C=N–C) groups is 1. The summed E-state index contributed by atoms with van der Waals surface area (Å²) in [4.78, 5) is 15.4. The molecule has 0 saturated carbocycles. The van der Waals surface area contributed by atoms with Crippen molar-refractivity contribution in [2.45, 2.75) is 20.3 Å². The van der Waals surface area contributed by atoms with Gasteiger partial charge in [0.25, 0.3) is 0 Å². The first-order chi connectivity index (χ1) is 10.2. The third-order valence-corrected chi connectivity index (χ3v) is 3.11. The van der Waals surface area contributed by atoms with Crippen LogP contribution in [0.3, 0.4) is 0 Å². The zero-order valence-electron chi connectivity index (χ0n) is 12.0. The fraction of sp³-hybridized carbons (Fsp3) is 0.333. The Hall–Kier alpha value is -2.68. The summed E-state index contributed by atoms with van der Waals surface area (Å²) < 4.78 is 5.07. The molecule has 0 aromatic heterocycles. The van der Waals surface area contributed by atoms with Gasteiger partial charge < -0.3 is 4.74 Å². The van der Waals surface area contributed by atoms with E-state index in [2.05, 4.69) is 21.6 Å². The van der Waals surface area contributed by atoms with E-state index >= 15 is 0 Å². The molecule has 0 spiro atoms. The Bertz CT molecular complexity index is 644. The summed E-state index contributed by atoms with van der Waals surface area (Å²) in [6.07, 6.45) is 1.73. The average molecular weight is 284 g/mol. The summed E-state index contributed by atoms with van der Waals surface area (Å²) in [6, 6.07) is 7.38. The van der Waals surface area contributed by atoms with E-state index in [0.717, 1.165) is 11.3 Å². The molecule has 108 valence electrons. The number of carbonyl (C=O) groups is 1. The lowest BCUT2D eigenvalue weighted by molar-refractivity contribution is -0.121. The maximum absolute atomic E-state index is 11.3. The molecule has 21 heavy (non-hydrogen) atoms. The molecular weight excluding hydrogens is 268 g/mol. The van der Waals surface area contributed by atoms with Gasteiger partial charge in [0.2, 0.25) is 5.91 Å². The second kappa shape index (κ2) is 6.66. The van der Waals surface area contributed by atoms with Crippen LogP contribution in [0.1, 0.15) is 31.4 Å². The number of hydrogen-bond acceptors (Lipinski definition) is 5. The van der Waals surface area contributed by atoms with Crippen molar-refractivity contribution in [3.8, 4) is 6.07 Å². The predicted molar refractivity (Wildman–Crippen MR) is 79.4 cm³/mol. The molecule has 1 heterocycles. The minimum Gasteiger partial charge on any atom is -0.483 e. The number of benzene rings is 1. The Labute approximate surface area is 123 Å². The topological polar surface area (TPSA) is 86.8 Å². The van der Waals surface area contributed by atoms with E-state index in [1.54, 1.807) is 12.1 Å². The highest BCUT2D eigenvalue weighted by Gasteiger charge is 2.22. The van der Waals surface area contributed by atoms with Crippen molar-refractivity contribution in [1.82, 2.24) is 5.43 Å². The van der Waals surface area contributed by atoms with E-state index in [4.69, 9.17) is 10.00 Å². The molecule has 1 N–H and O–H groups in total. The second-order valence-corrected chi connectivity index (χ2v) is 4.67. The number of carbonyl (C=O) groups excluding carboxylic acids is 1. The van der Waals surface area contributed by atoms with E-state index in [9.17, 15) is 4.79 Å². The molecule has 6 nitrogen and oxygen atoms in total. The minimum atomic E-state index is -0.0884. The van der Waals surface area contributed by atoms with Crippen molar-refractivity contribution in [3.63, 3.8) is 0 Å². The Balaban J connectivity index is 2.36. The summed E-state index contributed by atoms with van der Waals surface area (Å²) in [7, 11) is 0. The van der Waals surface area contributed by atoms with Crippen molar-refractivity contribution < 1.29 is 9.53 Å². The predicted octanol–water partition coefficient (Wildman–Crippen LogP) is 2.11. The van der Waals surface area contributed by atoms with Gasteiger partial charge in [-0.25, -0.2) is 10.4 Å². The molecule has 1 aliphatic rings. The van der Waals surface area contributed by atoms with Crippen LogP contribution in [-0.2, 0) is 9.53 Å². The number of amides is 1. The fourth-order valence-electron chi connectivity index (χ4n) is 2.06. The standard InChI is InChI=1S/C15H16N4O2/c1-3-21-9-17-13-7-11(4-5-12(13)8-16)15-10(2)6-14(20)18-19-15/h4-5,7,9-10H,3,6H2,1-2H3,(H,18,20). The van der Waals surface area contributed by atoms with E-state index in [1.807, 2.05) is 19.9 Å². The molecule has 1 amide bonds. The molecule has 1 aliphatic heterocycles. The lowest BCUT2D eigenvalue weighted by Crippen LogP contribution is -2.31. The molecule has 1 atom stereocenters. The van der Waals surface area contributed by atoms with Gasteiger partial charge >= 0.3 is 0 Å². The van der Waals surface area contributed by atoms with Gasteiger partial charge in [0.1, 0.15) is 6.07 Å². The largest absolute Gasteiger partial charge is 0.483 e. The number of rotatable bonds is 4. The van der Waals surface area contributed by atoms with Crippen LogP contribution >= 0.6 is 0 Å². The summed E-state index contributed by atoms with van der Waals surface area (Å²) in [5.41, 5.74) is 5.09. The van der Waals surface area contributed by atoms with Crippen molar-refractivity contribution >= 4 is 23.7 Å². The maximum atomic E-state index is 11.3. The highest BCUT2D eigenvalue weighted by Crippen LogP contribution is 2.24. The lowest BCUT2D eigenvalue weighted by Gasteiger charge is -2.19. The number of nitrogens with zero attached hydrogens (tertiary/aromatic N) is 3. The molecule has 6 heteroatoms. The first-order valence-electron chi connectivity index (χ1n) is 6.70. The van der Waals surface area contributed by atoms with Gasteiger partial charge in [0, 0.05) is 17.9 Å². The lowest BCUT2D eigenvalue weighted by atomic mass is 9.93. The summed E-state index contributed by atoms with van der Waals surface area (Å²) in [6.45, 7) is 4.31. The molecule has 1 aromatic rings. The van der Waals surface area contributed by atoms with Crippen LogP contribution in [-0.4, -0.2) is 24.6 Å². The van der Waals surface area contributed by atoms with Gasteiger partial charge in [-0.3, -0.25) is 4.79 Å². The number of hydrazone groups is 1. The molecule has 0 radical (unpaired) electrons. The molecule has 1 unspecified atom stereocenters. The highest BCUT2D eigenvalue weighted by atomic mass is 16.5. The number of ether oxygens (including phenoxy) is 1. The van der Waals surface area contributed by atoms with Gasteiger partial charge in [0.15, 0.2) is 6.40 Å². The molecule has 0 aliphatic carbocycles. The zero-order valence-corrected chi connectivity index (χ0v) is 12.0. The number of nitriles is 1. The summed E-state index contributed by atoms with van der Waals surface area (Å²) in [5, 5.41) is 13.2. The van der Waals surface area contributed by atoms with Crippen LogP contribution < -0.4 is 5.43 Å². The van der Waals surface area contributed by atoms with E-state index in [-0.39, 0.29) is 11.8 Å². The van der Waals surface area contributed by atoms with Crippen LogP contribution in [0.2, 0.25) is 0 Å². The molecule has 0 saturated heterocycles. The molecule has 0 fully saturated rings. The first kappa shape index (κ1) is 14.7. The SMILES string of the molecule is CCOC=Nc1cc(C2=NNC(=O)CC2C)ccc1C#N. The molecule has 1 aromatic carbocycles. The zero-order chi connectivity index (χ0) is 15.2. The Kier molecular flexibility index (Phi) is 4.67. The Morgan fingerprint density at radius 3 is 3.10 bits per heavy atom. The van der Waals surface area contributed by atoms with Crippen LogP contribution in [0.25, 0.3) is 0 Å². The van der Waals surface area contributed by atoms with E-state index in [0.29, 0.717) is 24.3 Å². The van der Waals surface area contributed by atoms with Gasteiger partial charge in [-0.2, -0.15) is 10.4 Å². The Morgan fingerprint density at radius 1 is 1.62 bits per heavy atom. The van der Waals surface area contributed by atoms with Crippen molar-refractivity contribution in [3.05, 3.63) is 29.3 Å². The first-order valence-corrected chi connectivity index (χ1v) is 6.70. The second-order valence-electron chi connectivity index (χ2n) is 4.67. The van der Waals surface area contributed by atoms with Crippen molar-refractivity contribution in [2.75, 3.05) is 6.61 Å². The van der Waals surface area contributed by atoms with Crippen molar-refractivity contribution in [2.24, 2.45) is 16.0 Å². The van der Waals surface area contributed by atoms with Crippen LogP contribution in [0.15, 0.2) is 28.3 Å². The van der Waals surface area contributed by atoms with Gasteiger partial charge in [-0.1, -0.05) is 13.0 Å². The monoisotopic (exact) mass is 284 g/mol. The molecule has 0 bridgehead atoms. The minimum absolute atomic E-state index is 0.0235. The highest BCUT2D eigenvalue weighted by molar-refractivity contribution is 6.06. The maximum Gasteiger partial charge on any atom is 0.240 e. The number of hydrogen-bond donors (Lipinski definition) is 1. The molecule has 2 rings (SSSR count). The quantitative estimate of drug-likeness (QED) is 0.678. The summed E-state index contributed by atoms with van der Waals surface area (Å²) in [5.74, 6) is -0.0649. The van der Waals surface area contributed by atoms with Crippen LogP contribution in [0, 0.1) is 17.2 Å². The number of nitrogens with one attached hydrogen (secondary N) is 1. The van der Waals surface area contributed by atoms with E-state index in [1.165, 1.54) is 6.40 Å².